The monoisotopic (exact) mass is 372 g/mol. The van der Waals surface area contributed by atoms with Crippen molar-refractivity contribution in [1.82, 2.24) is 15.1 Å². The van der Waals surface area contributed by atoms with E-state index in [-0.39, 0.29) is 18.4 Å². The van der Waals surface area contributed by atoms with Crippen molar-refractivity contribution in [2.45, 2.75) is 46.2 Å². The number of nitrogens with zero attached hydrogens (tertiary/aromatic N) is 2. The van der Waals surface area contributed by atoms with Gasteiger partial charge >= 0.3 is 5.97 Å². The number of carbonyl (C=O) groups is 3. The summed E-state index contributed by atoms with van der Waals surface area (Å²) in [6.07, 6.45) is 0.264. The number of amides is 2. The van der Waals surface area contributed by atoms with Crippen molar-refractivity contribution in [3.63, 3.8) is 0 Å². The number of carboxylic acids is 1. The number of rotatable bonds is 7. The third-order valence-corrected chi connectivity index (χ3v) is 4.09. The van der Waals surface area contributed by atoms with E-state index in [9.17, 15) is 14.4 Å². The number of nitrogens with one attached hydrogen (secondary N) is 2. The number of anilines is 1. The highest BCUT2D eigenvalue weighted by atomic mass is 16.4. The Bertz CT molecular complexity index is 842. The fraction of sp³-hybridized carbons (Fsp3) is 0.368. The van der Waals surface area contributed by atoms with Crippen molar-refractivity contribution in [3.8, 4) is 0 Å². The number of carbonyl (C=O) groups excluding carboxylic acids is 2. The molecule has 2 amide bonds. The fourth-order valence-corrected chi connectivity index (χ4v) is 2.71. The van der Waals surface area contributed by atoms with Crippen LogP contribution in [0.5, 0.6) is 0 Å². The molecule has 2 aromatic rings. The second-order valence-corrected chi connectivity index (χ2v) is 6.58. The van der Waals surface area contributed by atoms with E-state index in [4.69, 9.17) is 5.11 Å². The van der Waals surface area contributed by atoms with Gasteiger partial charge in [-0.15, -0.1) is 0 Å². The molecule has 2 rings (SSSR count). The predicted molar refractivity (Wildman–Crippen MR) is 101 cm³/mol. The van der Waals surface area contributed by atoms with Crippen molar-refractivity contribution >= 4 is 23.5 Å². The molecule has 0 fully saturated rings. The number of aromatic nitrogens is 2. The lowest BCUT2D eigenvalue weighted by atomic mass is 10.1. The summed E-state index contributed by atoms with van der Waals surface area (Å²) >= 11 is 0. The Morgan fingerprint density at radius 3 is 2.30 bits per heavy atom. The maximum Gasteiger partial charge on any atom is 0.325 e. The van der Waals surface area contributed by atoms with E-state index >= 15 is 0 Å². The maximum absolute atomic E-state index is 12.3. The number of benzene rings is 1. The molecule has 0 spiro atoms. The second-order valence-electron chi connectivity index (χ2n) is 6.58. The first kappa shape index (κ1) is 20.2. The average Bonchev–Trinajstić information content (AvgIpc) is 2.93. The SMILES string of the molecule is Cc1cc(C)n(C(C)CC(=O)Nc2ccc(C(=O)NC(C)C(=O)O)cc2)n1. The first-order valence-electron chi connectivity index (χ1n) is 8.63. The third kappa shape index (κ3) is 5.40. The summed E-state index contributed by atoms with van der Waals surface area (Å²) < 4.78 is 1.83. The van der Waals surface area contributed by atoms with Crippen LogP contribution in [-0.4, -0.2) is 38.7 Å². The second kappa shape index (κ2) is 8.48. The minimum atomic E-state index is -1.11. The van der Waals surface area contributed by atoms with Crippen molar-refractivity contribution < 1.29 is 19.5 Å². The van der Waals surface area contributed by atoms with Crippen LogP contribution in [0.2, 0.25) is 0 Å². The highest BCUT2D eigenvalue weighted by Crippen LogP contribution is 2.16. The van der Waals surface area contributed by atoms with Gasteiger partial charge in [0, 0.05) is 23.4 Å². The van der Waals surface area contributed by atoms with E-state index < -0.39 is 17.9 Å². The van der Waals surface area contributed by atoms with Crippen molar-refractivity contribution in [1.29, 1.82) is 0 Å². The van der Waals surface area contributed by atoms with Crippen LogP contribution in [0.4, 0.5) is 5.69 Å². The largest absolute Gasteiger partial charge is 0.480 e. The van der Waals surface area contributed by atoms with Crippen LogP contribution in [0.3, 0.4) is 0 Å². The molecule has 2 atom stereocenters. The summed E-state index contributed by atoms with van der Waals surface area (Å²) in [5.74, 6) is -1.75. The zero-order valence-corrected chi connectivity index (χ0v) is 15.8. The van der Waals surface area contributed by atoms with Gasteiger partial charge in [0.25, 0.3) is 5.91 Å². The van der Waals surface area contributed by atoms with Gasteiger partial charge in [-0.3, -0.25) is 19.1 Å². The minimum Gasteiger partial charge on any atom is -0.480 e. The van der Waals surface area contributed by atoms with E-state index in [2.05, 4.69) is 15.7 Å². The number of hydrogen-bond acceptors (Lipinski definition) is 4. The first-order valence-corrected chi connectivity index (χ1v) is 8.63. The smallest absolute Gasteiger partial charge is 0.325 e. The molecule has 0 aliphatic rings. The predicted octanol–water partition coefficient (Wildman–Crippen LogP) is 2.29. The highest BCUT2D eigenvalue weighted by molar-refractivity contribution is 5.97. The summed E-state index contributed by atoms with van der Waals surface area (Å²) in [5, 5.41) is 18.4. The van der Waals surface area contributed by atoms with E-state index in [0.29, 0.717) is 11.3 Å². The summed E-state index contributed by atoms with van der Waals surface area (Å²) in [5.41, 5.74) is 2.78. The lowest BCUT2D eigenvalue weighted by Gasteiger charge is -2.14. The molecule has 0 aliphatic carbocycles. The van der Waals surface area contributed by atoms with Crippen molar-refractivity contribution in [2.24, 2.45) is 0 Å². The van der Waals surface area contributed by atoms with Crippen LogP contribution in [-0.2, 0) is 9.59 Å². The van der Waals surface area contributed by atoms with Gasteiger partial charge in [-0.1, -0.05) is 0 Å². The van der Waals surface area contributed by atoms with E-state index in [0.717, 1.165) is 11.4 Å². The molecule has 0 aliphatic heterocycles. The van der Waals surface area contributed by atoms with Gasteiger partial charge in [0.05, 0.1) is 11.7 Å². The Kier molecular flexibility index (Phi) is 6.33. The number of aryl methyl sites for hydroxylation is 2. The summed E-state index contributed by atoms with van der Waals surface area (Å²) in [4.78, 5) is 35.0. The zero-order valence-electron chi connectivity index (χ0n) is 15.8. The molecule has 27 heavy (non-hydrogen) atoms. The van der Waals surface area contributed by atoms with E-state index in [1.54, 1.807) is 12.1 Å². The lowest BCUT2D eigenvalue weighted by molar-refractivity contribution is -0.138. The molecule has 8 nitrogen and oxygen atoms in total. The van der Waals surface area contributed by atoms with Crippen LogP contribution in [0.15, 0.2) is 30.3 Å². The van der Waals surface area contributed by atoms with Crippen LogP contribution >= 0.6 is 0 Å². The molecular weight excluding hydrogens is 348 g/mol. The van der Waals surface area contributed by atoms with Crippen LogP contribution in [0.25, 0.3) is 0 Å². The summed E-state index contributed by atoms with van der Waals surface area (Å²) in [6, 6.07) is 7.17. The molecule has 1 heterocycles. The molecule has 0 bridgehead atoms. The Balaban J connectivity index is 1.93. The molecule has 1 aromatic heterocycles. The van der Waals surface area contributed by atoms with E-state index in [1.165, 1.54) is 19.1 Å². The van der Waals surface area contributed by atoms with Gasteiger partial charge < -0.3 is 15.7 Å². The first-order chi connectivity index (χ1) is 12.7. The molecule has 0 saturated carbocycles. The van der Waals surface area contributed by atoms with Gasteiger partial charge in [-0.2, -0.15) is 5.10 Å². The van der Waals surface area contributed by atoms with Crippen LogP contribution < -0.4 is 10.6 Å². The Labute approximate surface area is 157 Å². The molecule has 0 radical (unpaired) electrons. The molecular formula is C19H24N4O4. The molecule has 3 N–H and O–H groups in total. The molecule has 2 unspecified atom stereocenters. The molecule has 144 valence electrons. The Hall–Kier alpha value is -3.16. The van der Waals surface area contributed by atoms with Crippen molar-refractivity contribution in [2.75, 3.05) is 5.32 Å². The summed E-state index contributed by atoms with van der Waals surface area (Å²) in [7, 11) is 0. The quantitative estimate of drug-likeness (QED) is 0.690. The zero-order chi connectivity index (χ0) is 20.1. The topological polar surface area (TPSA) is 113 Å². The summed E-state index contributed by atoms with van der Waals surface area (Å²) in [6.45, 7) is 7.17. The van der Waals surface area contributed by atoms with Crippen LogP contribution in [0, 0.1) is 13.8 Å². The number of carboxylic acid groups (broad SMARTS) is 1. The average molecular weight is 372 g/mol. The number of hydrogen-bond donors (Lipinski definition) is 3. The maximum atomic E-state index is 12.3. The molecule has 0 saturated heterocycles. The van der Waals surface area contributed by atoms with Crippen LogP contribution in [0.1, 0.15) is 48.1 Å². The van der Waals surface area contributed by atoms with Gasteiger partial charge in [-0.25, -0.2) is 0 Å². The van der Waals surface area contributed by atoms with Gasteiger partial charge in [0.15, 0.2) is 0 Å². The third-order valence-electron chi connectivity index (χ3n) is 4.09. The van der Waals surface area contributed by atoms with Crippen molar-refractivity contribution in [3.05, 3.63) is 47.3 Å². The Morgan fingerprint density at radius 1 is 1.15 bits per heavy atom. The Morgan fingerprint density at radius 2 is 1.78 bits per heavy atom. The number of aliphatic carboxylic acids is 1. The molecule has 8 heteroatoms. The fourth-order valence-electron chi connectivity index (χ4n) is 2.71. The van der Waals surface area contributed by atoms with Gasteiger partial charge in [0.2, 0.25) is 5.91 Å². The van der Waals surface area contributed by atoms with Gasteiger partial charge in [-0.05, 0) is 58.0 Å². The highest BCUT2D eigenvalue weighted by Gasteiger charge is 2.16. The standard InChI is InChI=1S/C19H24N4O4/c1-11-9-12(2)23(22-11)13(3)10-17(24)21-16-7-5-15(6-8-16)18(25)20-14(4)19(26)27/h5-9,13-14H,10H2,1-4H3,(H,20,25)(H,21,24)(H,26,27). The molecule has 1 aromatic carbocycles. The normalized spacial score (nSPS) is 12.9. The minimum absolute atomic E-state index is 0.0822. The van der Waals surface area contributed by atoms with E-state index in [1.807, 2.05) is 31.5 Å². The van der Waals surface area contributed by atoms with Gasteiger partial charge in [0.1, 0.15) is 6.04 Å². The lowest BCUT2D eigenvalue weighted by Crippen LogP contribution is -2.38.